The SMILES string of the molecule is Cc1ccc(C)c(CN(C2=N[C@H]3CS(=O)(=O)C[C@@H]3S2)c2ccccc2)c1. The minimum atomic E-state index is -2.94. The lowest BCUT2D eigenvalue weighted by atomic mass is 10.1. The van der Waals surface area contributed by atoms with Crippen LogP contribution < -0.4 is 4.90 Å². The number of hydrogen-bond acceptors (Lipinski definition) is 5. The van der Waals surface area contributed by atoms with Crippen LogP contribution >= 0.6 is 11.8 Å². The molecule has 26 heavy (non-hydrogen) atoms. The summed E-state index contributed by atoms with van der Waals surface area (Å²) < 4.78 is 23.7. The van der Waals surface area contributed by atoms with Crippen LogP contribution in [0.3, 0.4) is 0 Å². The first kappa shape index (κ1) is 17.6. The quantitative estimate of drug-likeness (QED) is 0.809. The Kier molecular flexibility index (Phi) is 4.57. The molecule has 2 aromatic rings. The number of para-hydroxylation sites is 1. The summed E-state index contributed by atoms with van der Waals surface area (Å²) in [6, 6.07) is 16.6. The summed E-state index contributed by atoms with van der Waals surface area (Å²) in [6.07, 6.45) is 0. The van der Waals surface area contributed by atoms with E-state index in [-0.39, 0.29) is 22.8 Å². The molecule has 0 saturated carbocycles. The zero-order valence-corrected chi connectivity index (χ0v) is 16.6. The lowest BCUT2D eigenvalue weighted by Gasteiger charge is -2.25. The van der Waals surface area contributed by atoms with Gasteiger partial charge in [0.1, 0.15) is 0 Å². The molecule has 2 aliphatic rings. The van der Waals surface area contributed by atoms with Gasteiger partial charge in [0.2, 0.25) is 0 Å². The molecule has 1 fully saturated rings. The van der Waals surface area contributed by atoms with Gasteiger partial charge in [-0.1, -0.05) is 53.7 Å². The predicted molar refractivity (Wildman–Crippen MR) is 110 cm³/mol. The van der Waals surface area contributed by atoms with Crippen molar-refractivity contribution < 1.29 is 8.42 Å². The number of thioether (sulfide) groups is 1. The van der Waals surface area contributed by atoms with Crippen LogP contribution in [-0.2, 0) is 16.4 Å². The predicted octanol–water partition coefficient (Wildman–Crippen LogP) is 3.58. The molecule has 0 bridgehead atoms. The summed E-state index contributed by atoms with van der Waals surface area (Å²) in [4.78, 5) is 7.02. The summed E-state index contributed by atoms with van der Waals surface area (Å²) in [7, 11) is -2.94. The van der Waals surface area contributed by atoms with Crippen LogP contribution in [-0.4, -0.2) is 36.4 Å². The van der Waals surface area contributed by atoms with Gasteiger partial charge in [0.25, 0.3) is 0 Å². The average Bonchev–Trinajstić information content (AvgIpc) is 3.09. The Morgan fingerprint density at radius 1 is 1.12 bits per heavy atom. The summed E-state index contributed by atoms with van der Waals surface area (Å²) >= 11 is 1.61. The van der Waals surface area contributed by atoms with Crippen molar-refractivity contribution in [2.24, 2.45) is 4.99 Å². The van der Waals surface area contributed by atoms with Gasteiger partial charge in [-0.15, -0.1) is 0 Å². The van der Waals surface area contributed by atoms with E-state index in [2.05, 4.69) is 49.1 Å². The van der Waals surface area contributed by atoms with Crippen LogP contribution in [0.1, 0.15) is 16.7 Å². The van der Waals surface area contributed by atoms with Crippen molar-refractivity contribution in [2.75, 3.05) is 16.4 Å². The molecule has 4 nitrogen and oxygen atoms in total. The highest BCUT2D eigenvalue weighted by Crippen LogP contribution is 2.37. The third kappa shape index (κ3) is 3.53. The molecule has 2 aromatic carbocycles. The Morgan fingerprint density at radius 3 is 2.62 bits per heavy atom. The number of anilines is 1. The second kappa shape index (κ2) is 6.74. The molecule has 4 rings (SSSR count). The number of sulfone groups is 1. The fraction of sp³-hybridized carbons (Fsp3) is 0.350. The van der Waals surface area contributed by atoms with Crippen molar-refractivity contribution in [3.63, 3.8) is 0 Å². The molecule has 2 aliphatic heterocycles. The van der Waals surface area contributed by atoms with Gasteiger partial charge in [0, 0.05) is 10.9 Å². The summed E-state index contributed by atoms with van der Waals surface area (Å²) in [6.45, 7) is 4.96. The monoisotopic (exact) mass is 386 g/mol. The summed E-state index contributed by atoms with van der Waals surface area (Å²) in [5.74, 6) is 0.418. The molecule has 0 aromatic heterocycles. The highest BCUT2D eigenvalue weighted by molar-refractivity contribution is 8.15. The van der Waals surface area contributed by atoms with E-state index in [1.807, 2.05) is 18.2 Å². The summed E-state index contributed by atoms with van der Waals surface area (Å²) in [5.41, 5.74) is 4.84. The topological polar surface area (TPSA) is 49.7 Å². The van der Waals surface area contributed by atoms with Gasteiger partial charge in [-0.25, -0.2) is 8.42 Å². The molecule has 0 aliphatic carbocycles. The largest absolute Gasteiger partial charge is 0.317 e. The van der Waals surface area contributed by atoms with Gasteiger partial charge < -0.3 is 4.90 Å². The van der Waals surface area contributed by atoms with E-state index in [1.54, 1.807) is 11.8 Å². The maximum absolute atomic E-state index is 11.9. The van der Waals surface area contributed by atoms with Crippen LogP contribution in [0.25, 0.3) is 0 Å². The fourth-order valence-corrected chi connectivity index (χ4v) is 7.27. The first-order valence-corrected chi connectivity index (χ1v) is 11.4. The van der Waals surface area contributed by atoms with Crippen molar-refractivity contribution in [1.82, 2.24) is 0 Å². The van der Waals surface area contributed by atoms with Crippen LogP contribution in [0.5, 0.6) is 0 Å². The molecule has 136 valence electrons. The number of aryl methyl sites for hydroxylation is 2. The van der Waals surface area contributed by atoms with E-state index in [4.69, 9.17) is 4.99 Å². The Bertz CT molecular complexity index is 955. The number of nitrogens with zero attached hydrogens (tertiary/aromatic N) is 2. The number of fused-ring (bicyclic) bond motifs is 1. The third-order valence-electron chi connectivity index (χ3n) is 4.94. The van der Waals surface area contributed by atoms with Crippen LogP contribution in [0.2, 0.25) is 0 Å². The van der Waals surface area contributed by atoms with Gasteiger partial charge in [0.05, 0.1) is 24.1 Å². The maximum atomic E-state index is 11.9. The number of rotatable bonds is 3. The fourth-order valence-electron chi connectivity index (χ4n) is 3.49. The van der Waals surface area contributed by atoms with Crippen molar-refractivity contribution >= 4 is 32.5 Å². The van der Waals surface area contributed by atoms with Gasteiger partial charge in [-0.05, 0) is 37.1 Å². The second-order valence-electron chi connectivity index (χ2n) is 7.06. The molecule has 2 heterocycles. The van der Waals surface area contributed by atoms with Crippen molar-refractivity contribution in [2.45, 2.75) is 31.7 Å². The molecule has 1 saturated heterocycles. The summed E-state index contributed by atoms with van der Waals surface area (Å²) in [5, 5.41) is 0.988. The van der Waals surface area contributed by atoms with Crippen LogP contribution in [0, 0.1) is 13.8 Å². The van der Waals surface area contributed by atoms with Gasteiger partial charge >= 0.3 is 0 Å². The number of hydrogen-bond donors (Lipinski definition) is 0. The van der Waals surface area contributed by atoms with Gasteiger partial charge in [-0.2, -0.15) is 0 Å². The van der Waals surface area contributed by atoms with E-state index in [0.717, 1.165) is 17.4 Å². The third-order valence-corrected chi connectivity index (χ3v) is 8.18. The first-order chi connectivity index (χ1) is 12.4. The highest BCUT2D eigenvalue weighted by atomic mass is 32.2. The smallest absolute Gasteiger partial charge is 0.164 e. The average molecular weight is 387 g/mol. The van der Waals surface area contributed by atoms with Crippen molar-refractivity contribution in [1.29, 1.82) is 0 Å². The Balaban J connectivity index is 1.68. The van der Waals surface area contributed by atoms with Crippen molar-refractivity contribution in [3.05, 3.63) is 65.2 Å². The van der Waals surface area contributed by atoms with Crippen LogP contribution in [0.4, 0.5) is 5.69 Å². The standard InChI is InChI=1S/C20H22N2O2S2/c1-14-8-9-15(2)16(10-14)11-22(17-6-4-3-5-7-17)20-21-18-12-26(23,24)13-19(18)25-20/h3-10,18-19H,11-13H2,1-2H3/t18-,19-/m0/s1. The molecular weight excluding hydrogens is 364 g/mol. The number of aliphatic imine (C=N–C) groups is 1. The molecule has 0 N–H and O–H groups in total. The lowest BCUT2D eigenvalue weighted by Crippen LogP contribution is -2.28. The second-order valence-corrected chi connectivity index (χ2v) is 10.4. The number of benzene rings is 2. The minimum absolute atomic E-state index is 0.0554. The van der Waals surface area contributed by atoms with Crippen LogP contribution in [0.15, 0.2) is 53.5 Å². The molecule has 0 radical (unpaired) electrons. The first-order valence-electron chi connectivity index (χ1n) is 8.75. The van der Waals surface area contributed by atoms with Gasteiger partial charge in [-0.3, -0.25) is 4.99 Å². The normalized spacial score (nSPS) is 23.5. The van der Waals surface area contributed by atoms with E-state index >= 15 is 0 Å². The van der Waals surface area contributed by atoms with E-state index in [0.29, 0.717) is 0 Å². The van der Waals surface area contributed by atoms with E-state index in [9.17, 15) is 8.42 Å². The minimum Gasteiger partial charge on any atom is -0.317 e. The van der Waals surface area contributed by atoms with Gasteiger partial charge in [0.15, 0.2) is 15.0 Å². The highest BCUT2D eigenvalue weighted by Gasteiger charge is 2.44. The Hall–Kier alpha value is -1.79. The molecule has 0 amide bonds. The van der Waals surface area contributed by atoms with E-state index in [1.165, 1.54) is 16.7 Å². The van der Waals surface area contributed by atoms with E-state index < -0.39 is 9.84 Å². The lowest BCUT2D eigenvalue weighted by molar-refractivity contribution is 0.601. The molecule has 0 spiro atoms. The molecular formula is C20H22N2O2S2. The zero-order chi connectivity index (χ0) is 18.3. The molecule has 6 heteroatoms. The Morgan fingerprint density at radius 2 is 1.88 bits per heavy atom. The maximum Gasteiger partial charge on any atom is 0.164 e. The number of amidine groups is 1. The zero-order valence-electron chi connectivity index (χ0n) is 14.9. The van der Waals surface area contributed by atoms with Crippen molar-refractivity contribution in [3.8, 4) is 0 Å². The molecule has 2 atom stereocenters. The Labute approximate surface area is 159 Å². The molecule has 0 unspecified atom stereocenters.